The first-order chi connectivity index (χ1) is 34.5. The van der Waals surface area contributed by atoms with Crippen LogP contribution in [0, 0.1) is 0 Å². The van der Waals surface area contributed by atoms with Gasteiger partial charge in [-0.05, 0) is 51.4 Å². The van der Waals surface area contributed by atoms with Gasteiger partial charge in [-0.15, -0.1) is 0 Å². The van der Waals surface area contributed by atoms with Crippen LogP contribution in [0.15, 0.2) is 12.2 Å². The van der Waals surface area contributed by atoms with E-state index in [1.54, 1.807) is 0 Å². The molecule has 0 saturated heterocycles. The molecule has 6 heteroatoms. The van der Waals surface area contributed by atoms with Crippen LogP contribution in [-0.4, -0.2) is 47.4 Å². The fourth-order valence-electron chi connectivity index (χ4n) is 10.2. The number of esters is 1. The van der Waals surface area contributed by atoms with E-state index in [4.69, 9.17) is 4.74 Å². The predicted octanol–water partition coefficient (Wildman–Crippen LogP) is 20.0. The van der Waals surface area contributed by atoms with Crippen LogP contribution in [-0.2, 0) is 14.3 Å². The van der Waals surface area contributed by atoms with Crippen molar-refractivity contribution < 1.29 is 24.5 Å². The Labute approximate surface area is 438 Å². The van der Waals surface area contributed by atoms with Crippen LogP contribution < -0.4 is 5.32 Å². The molecule has 2 unspecified atom stereocenters. The zero-order valence-electron chi connectivity index (χ0n) is 47.5. The lowest BCUT2D eigenvalue weighted by atomic mass is 10.0. The molecular weight excluding hydrogens is 863 g/mol. The fourth-order valence-corrected chi connectivity index (χ4v) is 10.2. The third kappa shape index (κ3) is 55.9. The Morgan fingerprint density at radius 1 is 0.386 bits per heavy atom. The summed E-state index contributed by atoms with van der Waals surface area (Å²) in [5.74, 6) is -0.0208. The van der Waals surface area contributed by atoms with Crippen molar-refractivity contribution in [3.8, 4) is 0 Å². The number of hydrogen-bond acceptors (Lipinski definition) is 5. The average Bonchev–Trinajstić information content (AvgIpc) is 3.36. The summed E-state index contributed by atoms with van der Waals surface area (Å²) in [5, 5.41) is 23.1. The number of nitrogens with one attached hydrogen (secondary N) is 1. The Hall–Kier alpha value is -1.40. The molecule has 0 spiro atoms. The number of amides is 1. The van der Waals surface area contributed by atoms with Gasteiger partial charge in [0.25, 0.3) is 0 Å². The molecule has 0 aromatic carbocycles. The number of ether oxygens (including phenoxy) is 1. The molecule has 2 atom stereocenters. The van der Waals surface area contributed by atoms with Crippen molar-refractivity contribution >= 4 is 11.9 Å². The highest BCUT2D eigenvalue weighted by atomic mass is 16.5. The van der Waals surface area contributed by atoms with E-state index < -0.39 is 12.1 Å². The zero-order chi connectivity index (χ0) is 50.7. The molecule has 0 bridgehead atoms. The van der Waals surface area contributed by atoms with Crippen molar-refractivity contribution in [3.05, 3.63) is 12.2 Å². The van der Waals surface area contributed by atoms with Gasteiger partial charge in [-0.25, -0.2) is 0 Å². The summed E-state index contributed by atoms with van der Waals surface area (Å²) in [4.78, 5) is 24.5. The molecule has 70 heavy (non-hydrogen) atoms. The summed E-state index contributed by atoms with van der Waals surface area (Å²) in [6.07, 6.45) is 72.5. The number of allylic oxidation sites excluding steroid dienone is 2. The molecule has 0 aromatic rings. The minimum absolute atomic E-state index is 0.0119. The molecule has 0 heterocycles. The van der Waals surface area contributed by atoms with Gasteiger partial charge in [0.05, 0.1) is 25.4 Å². The molecule has 0 saturated carbocycles. The number of rotatable bonds is 60. The molecule has 0 aliphatic heterocycles. The van der Waals surface area contributed by atoms with Crippen molar-refractivity contribution in [1.29, 1.82) is 0 Å². The third-order valence-electron chi connectivity index (χ3n) is 15.1. The molecule has 416 valence electrons. The van der Waals surface area contributed by atoms with Gasteiger partial charge in [0.1, 0.15) is 0 Å². The molecule has 0 rings (SSSR count). The standard InChI is InChI=1S/C64H125NO5/c1-3-5-7-9-11-13-14-15-16-32-35-38-42-46-50-54-58-64(69)70-59-55-51-47-43-39-36-33-30-28-26-24-22-20-18-17-19-21-23-25-27-29-31-34-37-41-45-49-53-57-63(68)65-61(60-66)62(67)56-52-48-44-40-12-10-8-6-4-2/h16,32,61-62,66-67H,3-15,17-31,33-60H2,1-2H3,(H,65,68)/b32-16-. The average molecular weight is 989 g/mol. The molecule has 3 N–H and O–H groups in total. The summed E-state index contributed by atoms with van der Waals surface area (Å²) >= 11 is 0. The van der Waals surface area contributed by atoms with E-state index in [1.807, 2.05) is 0 Å². The van der Waals surface area contributed by atoms with Gasteiger partial charge in [0, 0.05) is 12.8 Å². The summed E-state index contributed by atoms with van der Waals surface area (Å²) in [6.45, 7) is 4.95. The minimum Gasteiger partial charge on any atom is -0.466 e. The van der Waals surface area contributed by atoms with Crippen LogP contribution in [0.2, 0.25) is 0 Å². The highest BCUT2D eigenvalue weighted by Crippen LogP contribution is 2.18. The maximum atomic E-state index is 12.4. The van der Waals surface area contributed by atoms with Gasteiger partial charge < -0.3 is 20.3 Å². The van der Waals surface area contributed by atoms with Crippen LogP contribution in [0.3, 0.4) is 0 Å². The van der Waals surface area contributed by atoms with Crippen molar-refractivity contribution in [2.75, 3.05) is 13.2 Å². The monoisotopic (exact) mass is 988 g/mol. The number of carbonyl (C=O) groups excluding carboxylic acids is 2. The van der Waals surface area contributed by atoms with Gasteiger partial charge in [-0.1, -0.05) is 309 Å². The second kappa shape index (κ2) is 60.2. The van der Waals surface area contributed by atoms with Crippen LogP contribution in [0.5, 0.6) is 0 Å². The molecular formula is C64H125NO5. The predicted molar refractivity (Wildman–Crippen MR) is 306 cm³/mol. The maximum absolute atomic E-state index is 12.4. The summed E-state index contributed by atoms with van der Waals surface area (Å²) in [6, 6.07) is -0.536. The SMILES string of the molecule is CCCCCCCCC/C=C\CCCCCCCC(=O)OCCCCCCCCCCCCCCCCCCCCCCCCCCCCCCC(=O)NC(CO)C(O)CCCCCCCCCCC. The molecule has 1 amide bonds. The smallest absolute Gasteiger partial charge is 0.305 e. The van der Waals surface area contributed by atoms with Gasteiger partial charge >= 0.3 is 5.97 Å². The largest absolute Gasteiger partial charge is 0.466 e. The lowest BCUT2D eigenvalue weighted by Crippen LogP contribution is -2.45. The minimum atomic E-state index is -0.659. The highest BCUT2D eigenvalue weighted by Gasteiger charge is 2.20. The van der Waals surface area contributed by atoms with Crippen LogP contribution in [0.1, 0.15) is 361 Å². The first-order valence-electron chi connectivity index (χ1n) is 31.9. The lowest BCUT2D eigenvalue weighted by Gasteiger charge is -2.22. The number of carbonyl (C=O) groups is 2. The number of unbranched alkanes of at least 4 members (excludes halogenated alkanes) is 47. The summed E-state index contributed by atoms with van der Waals surface area (Å²) in [7, 11) is 0. The number of aliphatic hydroxyl groups excluding tert-OH is 2. The molecule has 0 radical (unpaired) electrons. The molecule has 0 aliphatic rings. The Kier molecular flexibility index (Phi) is 59.0. The van der Waals surface area contributed by atoms with E-state index in [9.17, 15) is 19.8 Å². The third-order valence-corrected chi connectivity index (χ3v) is 15.1. The van der Waals surface area contributed by atoms with Crippen molar-refractivity contribution in [3.63, 3.8) is 0 Å². The van der Waals surface area contributed by atoms with Crippen molar-refractivity contribution in [1.82, 2.24) is 5.32 Å². The highest BCUT2D eigenvalue weighted by molar-refractivity contribution is 5.76. The van der Waals surface area contributed by atoms with E-state index in [-0.39, 0.29) is 18.5 Å². The van der Waals surface area contributed by atoms with Gasteiger partial charge in [0.15, 0.2) is 0 Å². The lowest BCUT2D eigenvalue weighted by molar-refractivity contribution is -0.143. The van der Waals surface area contributed by atoms with E-state index in [1.165, 1.54) is 283 Å². The van der Waals surface area contributed by atoms with E-state index in [2.05, 4.69) is 31.3 Å². The second-order valence-electron chi connectivity index (χ2n) is 22.1. The quantitative estimate of drug-likeness (QED) is 0.0321. The molecule has 6 nitrogen and oxygen atoms in total. The molecule has 0 aromatic heterocycles. The Bertz CT molecular complexity index is 1050. The number of aliphatic hydroxyl groups is 2. The first kappa shape index (κ1) is 68.6. The van der Waals surface area contributed by atoms with E-state index in [0.717, 1.165) is 44.9 Å². The topological polar surface area (TPSA) is 95.9 Å². The molecule has 0 aliphatic carbocycles. The zero-order valence-corrected chi connectivity index (χ0v) is 47.5. The van der Waals surface area contributed by atoms with Crippen LogP contribution in [0.4, 0.5) is 0 Å². The van der Waals surface area contributed by atoms with Gasteiger partial charge in [-0.2, -0.15) is 0 Å². The Morgan fingerprint density at radius 2 is 0.671 bits per heavy atom. The van der Waals surface area contributed by atoms with Crippen molar-refractivity contribution in [2.45, 2.75) is 373 Å². The Balaban J connectivity index is 3.30. The van der Waals surface area contributed by atoms with E-state index in [0.29, 0.717) is 25.9 Å². The van der Waals surface area contributed by atoms with Gasteiger partial charge in [-0.3, -0.25) is 9.59 Å². The summed E-state index contributed by atoms with van der Waals surface area (Å²) < 4.78 is 5.49. The van der Waals surface area contributed by atoms with Crippen LogP contribution >= 0.6 is 0 Å². The summed E-state index contributed by atoms with van der Waals surface area (Å²) in [5.41, 5.74) is 0. The molecule has 0 fully saturated rings. The first-order valence-corrected chi connectivity index (χ1v) is 31.9. The van der Waals surface area contributed by atoms with E-state index >= 15 is 0 Å². The van der Waals surface area contributed by atoms with Crippen molar-refractivity contribution in [2.24, 2.45) is 0 Å². The fraction of sp³-hybridized carbons (Fsp3) is 0.938. The number of hydrogen-bond donors (Lipinski definition) is 3. The van der Waals surface area contributed by atoms with Gasteiger partial charge in [0.2, 0.25) is 5.91 Å². The van der Waals surface area contributed by atoms with Crippen LogP contribution in [0.25, 0.3) is 0 Å². The normalized spacial score (nSPS) is 12.6. The second-order valence-corrected chi connectivity index (χ2v) is 22.1. The maximum Gasteiger partial charge on any atom is 0.305 e. The Morgan fingerprint density at radius 3 is 1.01 bits per heavy atom.